The van der Waals surface area contributed by atoms with Crippen LogP contribution in [0.4, 0.5) is 0 Å². The number of hydrogen-bond donors (Lipinski definition) is 0. The molecular weight excluding hydrogens is 200 g/mol. The average molecular weight is 212 g/mol. The van der Waals surface area contributed by atoms with Gasteiger partial charge in [-0.1, -0.05) is 6.08 Å². The first-order chi connectivity index (χ1) is 5.93. The molecule has 2 saturated carbocycles. The van der Waals surface area contributed by atoms with E-state index in [2.05, 4.69) is 6.58 Å². The third kappa shape index (κ3) is 6.35. The van der Waals surface area contributed by atoms with E-state index in [0.717, 1.165) is 0 Å². The molecule has 1 heteroatoms. The van der Waals surface area contributed by atoms with Crippen molar-refractivity contribution >= 4 is 0 Å². The molecule has 2 rings (SSSR count). The average Bonchev–Trinajstić information content (AvgIpc) is 2.81. The third-order valence-corrected chi connectivity index (χ3v) is 1.48. The van der Waals surface area contributed by atoms with E-state index in [4.69, 9.17) is 0 Å². The van der Waals surface area contributed by atoms with E-state index in [9.17, 15) is 0 Å². The Morgan fingerprint density at radius 2 is 1.15 bits per heavy atom. The molecule has 0 saturated heterocycles. The Bertz CT molecular complexity index is 103. The van der Waals surface area contributed by atoms with Crippen molar-refractivity contribution in [3.63, 3.8) is 0 Å². The Balaban J connectivity index is 0.000000215. The van der Waals surface area contributed by atoms with Crippen molar-refractivity contribution < 1.29 is 17.1 Å². The van der Waals surface area contributed by atoms with Crippen LogP contribution in [0.15, 0.2) is 12.7 Å². The van der Waals surface area contributed by atoms with Gasteiger partial charge in [0.05, 0.1) is 0 Å². The quantitative estimate of drug-likeness (QED) is 0.586. The van der Waals surface area contributed by atoms with Gasteiger partial charge in [-0.2, -0.15) is 0 Å². The van der Waals surface area contributed by atoms with Crippen LogP contribution in [-0.2, 0) is 17.1 Å². The summed E-state index contributed by atoms with van der Waals surface area (Å²) in [7, 11) is 0. The summed E-state index contributed by atoms with van der Waals surface area (Å²) in [6.07, 6.45) is 19.9. The van der Waals surface area contributed by atoms with Crippen LogP contribution in [0.25, 0.3) is 0 Å². The van der Waals surface area contributed by atoms with Gasteiger partial charge in [-0.3, -0.25) is 0 Å². The van der Waals surface area contributed by atoms with Crippen molar-refractivity contribution in [2.45, 2.75) is 0 Å². The fraction of sp³-hybridized carbons (Fsp3) is 0. The normalized spacial score (nSPS) is 21.5. The zero-order valence-electron chi connectivity index (χ0n) is 7.33. The molecule has 0 N–H and O–H groups in total. The standard InChI is InChI=1S/C7H7.C5H5.Fe/c1-2-7-5-3-4-6-7;1-2-4-5-3-1;/h2-6H,1H2;1-5H;/q;;+2. The summed E-state index contributed by atoms with van der Waals surface area (Å²) in [6.45, 7) is 3.60. The van der Waals surface area contributed by atoms with Gasteiger partial charge < -0.3 is 0 Å². The maximum absolute atomic E-state index is 3.60. The molecule has 0 unspecified atom stereocenters. The summed E-state index contributed by atoms with van der Waals surface area (Å²) in [5.74, 6) is 1.19. The molecule has 0 aromatic heterocycles. The summed E-state index contributed by atoms with van der Waals surface area (Å²) in [6, 6.07) is 0. The predicted molar refractivity (Wildman–Crippen MR) is 52.1 cm³/mol. The Morgan fingerprint density at radius 1 is 0.769 bits per heavy atom. The summed E-state index contributed by atoms with van der Waals surface area (Å²) in [5.41, 5.74) is 0. The molecule has 0 bridgehead atoms. The Kier molecular flexibility index (Phi) is 9.02. The molecule has 2 aliphatic rings. The first-order valence-electron chi connectivity index (χ1n) is 3.94. The fourth-order valence-corrected chi connectivity index (χ4v) is 0.846. The molecular formula is C12H12Fe+2. The molecule has 0 atom stereocenters. The van der Waals surface area contributed by atoms with Crippen molar-refractivity contribution in [3.05, 3.63) is 76.4 Å². The molecule has 0 aromatic rings. The molecule has 0 spiro atoms. The van der Waals surface area contributed by atoms with Gasteiger partial charge in [0.1, 0.15) is 0 Å². The monoisotopic (exact) mass is 212 g/mol. The van der Waals surface area contributed by atoms with Crippen LogP contribution in [0, 0.1) is 63.7 Å². The van der Waals surface area contributed by atoms with Gasteiger partial charge >= 0.3 is 17.1 Å². The number of rotatable bonds is 1. The van der Waals surface area contributed by atoms with E-state index in [1.807, 2.05) is 63.9 Å². The molecule has 0 aliphatic heterocycles. The topological polar surface area (TPSA) is 0 Å². The first kappa shape index (κ1) is 13.3. The number of allylic oxidation sites excluding steroid dienone is 1. The van der Waals surface area contributed by atoms with Crippen molar-refractivity contribution in [2.24, 2.45) is 0 Å². The van der Waals surface area contributed by atoms with Crippen LogP contribution in [0.1, 0.15) is 0 Å². The van der Waals surface area contributed by atoms with E-state index in [1.165, 1.54) is 5.92 Å². The second kappa shape index (κ2) is 8.84. The van der Waals surface area contributed by atoms with Crippen LogP contribution in [0.5, 0.6) is 0 Å². The molecule has 66 valence electrons. The van der Waals surface area contributed by atoms with Crippen molar-refractivity contribution in [1.82, 2.24) is 0 Å². The molecule has 0 heterocycles. The van der Waals surface area contributed by atoms with E-state index in [1.54, 1.807) is 0 Å². The Hall–Kier alpha value is 0.259. The Labute approximate surface area is 93.7 Å². The molecule has 0 aromatic carbocycles. The van der Waals surface area contributed by atoms with Crippen LogP contribution in [0.2, 0.25) is 0 Å². The van der Waals surface area contributed by atoms with Crippen LogP contribution in [-0.4, -0.2) is 0 Å². The van der Waals surface area contributed by atoms with Crippen molar-refractivity contribution in [1.29, 1.82) is 0 Å². The fourth-order valence-electron chi connectivity index (χ4n) is 0.846. The summed E-state index contributed by atoms with van der Waals surface area (Å²) in [4.78, 5) is 0. The number of hydrogen-bond acceptors (Lipinski definition) is 0. The summed E-state index contributed by atoms with van der Waals surface area (Å²) < 4.78 is 0. The largest absolute Gasteiger partial charge is 2.00 e. The van der Waals surface area contributed by atoms with E-state index < -0.39 is 0 Å². The van der Waals surface area contributed by atoms with Crippen LogP contribution < -0.4 is 0 Å². The zero-order valence-corrected chi connectivity index (χ0v) is 8.44. The maximum atomic E-state index is 3.60. The van der Waals surface area contributed by atoms with Gasteiger partial charge in [0.25, 0.3) is 0 Å². The third-order valence-electron chi connectivity index (χ3n) is 1.48. The molecule has 10 radical (unpaired) electrons. The second-order valence-corrected chi connectivity index (χ2v) is 2.38. The van der Waals surface area contributed by atoms with Gasteiger partial charge in [0, 0.05) is 5.92 Å². The second-order valence-electron chi connectivity index (χ2n) is 2.38. The SMILES string of the molecule is C=C[C]1[CH][CH][CH][CH]1.[CH]1[CH][CH][CH][CH]1.[Fe+2]. The van der Waals surface area contributed by atoms with Crippen LogP contribution >= 0.6 is 0 Å². The summed E-state index contributed by atoms with van der Waals surface area (Å²) in [5, 5.41) is 0. The Morgan fingerprint density at radius 3 is 1.38 bits per heavy atom. The van der Waals surface area contributed by atoms with Gasteiger partial charge in [-0.25, -0.2) is 0 Å². The van der Waals surface area contributed by atoms with E-state index in [-0.39, 0.29) is 17.1 Å². The molecule has 0 nitrogen and oxygen atoms in total. The molecule has 0 amide bonds. The van der Waals surface area contributed by atoms with Gasteiger partial charge in [0.15, 0.2) is 0 Å². The molecule has 2 fully saturated rings. The summed E-state index contributed by atoms with van der Waals surface area (Å²) >= 11 is 0. The smallest absolute Gasteiger partial charge is 0.102 e. The first-order valence-corrected chi connectivity index (χ1v) is 3.94. The zero-order chi connectivity index (χ0) is 8.65. The van der Waals surface area contributed by atoms with Gasteiger partial charge in [0.2, 0.25) is 0 Å². The maximum Gasteiger partial charge on any atom is 2.00 e. The van der Waals surface area contributed by atoms with Gasteiger partial charge in [-0.15, -0.1) is 6.58 Å². The minimum Gasteiger partial charge on any atom is -0.102 e. The minimum absolute atomic E-state index is 0. The minimum atomic E-state index is 0. The predicted octanol–water partition coefficient (Wildman–Crippen LogP) is 2.60. The molecule has 13 heavy (non-hydrogen) atoms. The van der Waals surface area contributed by atoms with Crippen LogP contribution in [0.3, 0.4) is 0 Å². The van der Waals surface area contributed by atoms with Crippen molar-refractivity contribution in [2.75, 3.05) is 0 Å². The van der Waals surface area contributed by atoms with E-state index in [0.29, 0.717) is 0 Å². The van der Waals surface area contributed by atoms with Crippen molar-refractivity contribution in [3.8, 4) is 0 Å². The van der Waals surface area contributed by atoms with Gasteiger partial charge in [-0.05, 0) is 57.8 Å². The van der Waals surface area contributed by atoms with E-state index >= 15 is 0 Å². The molecule has 2 aliphatic carbocycles.